The molecule has 2 aromatic rings. The van der Waals surface area contributed by atoms with Gasteiger partial charge in [0, 0.05) is 33.7 Å². The van der Waals surface area contributed by atoms with Crippen LogP contribution in [0.4, 0.5) is 21.9 Å². The zero-order valence-corrected chi connectivity index (χ0v) is 12.8. The van der Waals surface area contributed by atoms with E-state index in [1.54, 1.807) is 0 Å². The summed E-state index contributed by atoms with van der Waals surface area (Å²) in [7, 11) is 0. The first kappa shape index (κ1) is 13.7. The second kappa shape index (κ2) is 5.61. The molecule has 0 atom stereocenters. The Kier molecular flexibility index (Phi) is 3.66. The predicted molar refractivity (Wildman–Crippen MR) is 89.7 cm³/mol. The molecule has 0 aromatic heterocycles. The lowest BCUT2D eigenvalue weighted by atomic mass is 10.1. The van der Waals surface area contributed by atoms with Crippen LogP contribution in [0.1, 0.15) is 5.56 Å². The van der Waals surface area contributed by atoms with Crippen molar-refractivity contribution in [2.75, 3.05) is 16.0 Å². The fraction of sp³-hybridized carbons (Fsp3) is 0.0625. The third-order valence-corrected chi connectivity index (χ3v) is 3.71. The van der Waals surface area contributed by atoms with Crippen molar-refractivity contribution in [3.8, 4) is 0 Å². The molecule has 21 heavy (non-hydrogen) atoms. The number of fused-ring (bicyclic) bond motifs is 1. The normalized spacial score (nSPS) is 12.5. The van der Waals surface area contributed by atoms with Gasteiger partial charge in [0.05, 0.1) is 0 Å². The number of amides is 2. The topological polar surface area (TPSA) is 53.2 Å². The smallest absolute Gasteiger partial charge is 0.323 e. The maximum Gasteiger partial charge on any atom is 0.323 e. The van der Waals surface area contributed by atoms with Crippen molar-refractivity contribution in [1.82, 2.24) is 0 Å². The molecule has 1 aliphatic rings. The highest BCUT2D eigenvalue weighted by atomic mass is 79.9. The number of nitrogens with one attached hydrogen (secondary N) is 3. The molecular formula is C16H14BrN3O. The van der Waals surface area contributed by atoms with Gasteiger partial charge in [-0.3, -0.25) is 0 Å². The van der Waals surface area contributed by atoms with Crippen molar-refractivity contribution in [2.24, 2.45) is 0 Å². The Balaban J connectivity index is 1.66. The Labute approximate surface area is 131 Å². The van der Waals surface area contributed by atoms with E-state index in [4.69, 9.17) is 0 Å². The molecule has 0 radical (unpaired) electrons. The number of anilines is 3. The Hall–Kier alpha value is -2.27. The van der Waals surface area contributed by atoms with Crippen molar-refractivity contribution >= 4 is 39.0 Å². The van der Waals surface area contributed by atoms with E-state index in [1.807, 2.05) is 42.5 Å². The van der Waals surface area contributed by atoms with Crippen molar-refractivity contribution < 1.29 is 4.79 Å². The molecule has 0 bridgehead atoms. The summed E-state index contributed by atoms with van der Waals surface area (Å²) in [6.07, 6.45) is 0.834. The third kappa shape index (κ3) is 3.25. The minimum atomic E-state index is -0.269. The van der Waals surface area contributed by atoms with Gasteiger partial charge in [-0.05, 0) is 42.0 Å². The first-order valence-electron chi connectivity index (χ1n) is 6.51. The predicted octanol–water partition coefficient (Wildman–Crippen LogP) is 4.57. The molecule has 0 saturated carbocycles. The first-order chi connectivity index (χ1) is 10.1. The van der Waals surface area contributed by atoms with E-state index in [-0.39, 0.29) is 6.03 Å². The van der Waals surface area contributed by atoms with Crippen LogP contribution in [-0.2, 0) is 6.42 Å². The molecule has 1 heterocycles. The lowest BCUT2D eigenvalue weighted by Crippen LogP contribution is -2.19. The van der Waals surface area contributed by atoms with Gasteiger partial charge in [0.15, 0.2) is 0 Å². The molecule has 2 amide bonds. The van der Waals surface area contributed by atoms with Crippen LogP contribution in [0.25, 0.3) is 0 Å². The van der Waals surface area contributed by atoms with E-state index in [9.17, 15) is 4.79 Å². The molecule has 5 heteroatoms. The van der Waals surface area contributed by atoms with Crippen LogP contribution in [0.15, 0.2) is 59.2 Å². The van der Waals surface area contributed by atoms with Gasteiger partial charge in [0.2, 0.25) is 0 Å². The number of benzene rings is 2. The van der Waals surface area contributed by atoms with E-state index in [0.29, 0.717) is 0 Å². The quantitative estimate of drug-likeness (QED) is 0.747. The van der Waals surface area contributed by atoms with Crippen LogP contribution in [0.2, 0.25) is 0 Å². The zero-order valence-electron chi connectivity index (χ0n) is 11.2. The van der Waals surface area contributed by atoms with Crippen LogP contribution in [0.5, 0.6) is 0 Å². The van der Waals surface area contributed by atoms with Crippen molar-refractivity contribution in [2.45, 2.75) is 6.42 Å². The summed E-state index contributed by atoms with van der Waals surface area (Å²) in [5.74, 6) is 0. The van der Waals surface area contributed by atoms with Crippen LogP contribution < -0.4 is 16.0 Å². The van der Waals surface area contributed by atoms with Crippen LogP contribution >= 0.6 is 15.9 Å². The van der Waals surface area contributed by atoms with Crippen LogP contribution in [-0.4, -0.2) is 6.03 Å². The van der Waals surface area contributed by atoms with Gasteiger partial charge in [-0.25, -0.2) is 4.79 Å². The van der Waals surface area contributed by atoms with E-state index in [2.05, 4.69) is 38.5 Å². The summed E-state index contributed by atoms with van der Waals surface area (Å²) in [6, 6.07) is 12.9. The molecule has 1 aliphatic heterocycles. The van der Waals surface area contributed by atoms with Crippen molar-refractivity contribution in [3.05, 3.63) is 64.8 Å². The van der Waals surface area contributed by atoms with Gasteiger partial charge >= 0.3 is 6.03 Å². The van der Waals surface area contributed by atoms with Gasteiger partial charge in [-0.15, -0.1) is 0 Å². The highest BCUT2D eigenvalue weighted by molar-refractivity contribution is 9.10. The van der Waals surface area contributed by atoms with Crippen LogP contribution in [0.3, 0.4) is 0 Å². The number of halogens is 1. The number of hydrogen-bond donors (Lipinski definition) is 3. The van der Waals surface area contributed by atoms with Crippen LogP contribution in [0, 0.1) is 0 Å². The first-order valence-corrected chi connectivity index (χ1v) is 7.31. The highest BCUT2D eigenvalue weighted by Gasteiger charge is 2.13. The summed E-state index contributed by atoms with van der Waals surface area (Å²) in [5.41, 5.74) is 4.65. The molecule has 0 spiro atoms. The highest BCUT2D eigenvalue weighted by Crippen LogP contribution is 2.29. The largest absolute Gasteiger partial charge is 0.359 e. The molecule has 0 unspecified atom stereocenters. The Morgan fingerprint density at radius 2 is 1.76 bits per heavy atom. The zero-order chi connectivity index (χ0) is 14.8. The fourth-order valence-electron chi connectivity index (χ4n) is 2.22. The van der Waals surface area contributed by atoms with Gasteiger partial charge in [-0.2, -0.15) is 0 Å². The molecule has 0 saturated heterocycles. The molecule has 0 fully saturated rings. The minimum absolute atomic E-state index is 0.269. The van der Waals surface area contributed by atoms with E-state index in [1.165, 1.54) is 5.56 Å². The average Bonchev–Trinajstić information content (AvgIpc) is 2.80. The monoisotopic (exact) mass is 343 g/mol. The number of carbonyl (C=O) groups is 1. The summed E-state index contributed by atoms with van der Waals surface area (Å²) >= 11 is 3.36. The maximum absolute atomic E-state index is 12.0. The average molecular weight is 344 g/mol. The van der Waals surface area contributed by atoms with Gasteiger partial charge in [0.1, 0.15) is 0 Å². The second-order valence-electron chi connectivity index (χ2n) is 4.86. The number of carbonyl (C=O) groups excluding carboxylic acids is 1. The van der Waals surface area contributed by atoms with Gasteiger partial charge < -0.3 is 16.0 Å². The van der Waals surface area contributed by atoms with Crippen molar-refractivity contribution in [3.63, 3.8) is 0 Å². The summed E-state index contributed by atoms with van der Waals surface area (Å²) in [6.45, 7) is 3.91. The molecule has 106 valence electrons. The number of allylic oxidation sites excluding steroid dienone is 1. The third-order valence-electron chi connectivity index (χ3n) is 3.19. The standard InChI is InChI=1S/C16H14BrN3O/c1-10-8-11-2-5-14(9-15(11)18-10)20-16(21)19-13-6-3-12(17)4-7-13/h2-7,9,18H,1,8H2,(H2,19,20,21). The molecule has 3 N–H and O–H groups in total. The summed E-state index contributed by atoms with van der Waals surface area (Å²) in [5, 5.41) is 8.80. The molecule has 4 nitrogen and oxygen atoms in total. The number of urea groups is 1. The lowest BCUT2D eigenvalue weighted by Gasteiger charge is -2.09. The number of rotatable bonds is 2. The molecule has 3 rings (SSSR count). The summed E-state index contributed by atoms with van der Waals surface area (Å²) < 4.78 is 0.971. The summed E-state index contributed by atoms with van der Waals surface area (Å²) in [4.78, 5) is 12.0. The second-order valence-corrected chi connectivity index (χ2v) is 5.78. The van der Waals surface area contributed by atoms with E-state index >= 15 is 0 Å². The molecule has 0 aliphatic carbocycles. The minimum Gasteiger partial charge on any atom is -0.359 e. The molecule has 2 aromatic carbocycles. The van der Waals surface area contributed by atoms with Crippen molar-refractivity contribution in [1.29, 1.82) is 0 Å². The Bertz CT molecular complexity index is 710. The number of hydrogen-bond acceptors (Lipinski definition) is 2. The van der Waals surface area contributed by atoms with E-state index < -0.39 is 0 Å². The Morgan fingerprint density at radius 1 is 1.10 bits per heavy atom. The SMILES string of the molecule is C=C1Cc2ccc(NC(=O)Nc3ccc(Br)cc3)cc2N1. The van der Waals surface area contributed by atoms with Gasteiger partial charge in [0.25, 0.3) is 0 Å². The molecular weight excluding hydrogens is 330 g/mol. The van der Waals surface area contributed by atoms with E-state index in [0.717, 1.165) is 33.7 Å². The lowest BCUT2D eigenvalue weighted by molar-refractivity contribution is 0.262. The van der Waals surface area contributed by atoms with Gasteiger partial charge in [-0.1, -0.05) is 28.6 Å². The fourth-order valence-corrected chi connectivity index (χ4v) is 2.48. The Morgan fingerprint density at radius 3 is 2.52 bits per heavy atom. The maximum atomic E-state index is 12.0.